The Bertz CT molecular complexity index is 749. The van der Waals surface area contributed by atoms with Gasteiger partial charge in [0.2, 0.25) is 5.91 Å². The molecule has 2 aliphatic rings. The van der Waals surface area contributed by atoms with Crippen LogP contribution in [0.2, 0.25) is 0 Å². The molecule has 0 bridgehead atoms. The van der Waals surface area contributed by atoms with Crippen molar-refractivity contribution in [2.45, 2.75) is 51.3 Å². The lowest BCUT2D eigenvalue weighted by atomic mass is 10.0. The molecule has 2 aromatic rings. The second kappa shape index (κ2) is 8.85. The van der Waals surface area contributed by atoms with Gasteiger partial charge in [-0.05, 0) is 37.9 Å². The van der Waals surface area contributed by atoms with Gasteiger partial charge in [0, 0.05) is 37.5 Å². The van der Waals surface area contributed by atoms with Crippen LogP contribution in [-0.2, 0) is 17.9 Å². The zero-order valence-corrected chi connectivity index (χ0v) is 16.5. The summed E-state index contributed by atoms with van der Waals surface area (Å²) in [4.78, 5) is 21.3. The van der Waals surface area contributed by atoms with Crippen LogP contribution in [0, 0.1) is 0 Å². The zero-order chi connectivity index (χ0) is 18.5. The van der Waals surface area contributed by atoms with E-state index in [1.807, 2.05) is 30.3 Å². The lowest BCUT2D eigenvalue weighted by molar-refractivity contribution is -0.128. The van der Waals surface area contributed by atoms with E-state index >= 15 is 0 Å². The van der Waals surface area contributed by atoms with E-state index in [0.29, 0.717) is 18.6 Å². The molecule has 2 saturated heterocycles. The molecule has 4 rings (SSSR count). The van der Waals surface area contributed by atoms with Crippen molar-refractivity contribution in [2.24, 2.45) is 0 Å². The van der Waals surface area contributed by atoms with Crippen LogP contribution in [-0.4, -0.2) is 46.4 Å². The molecule has 0 N–H and O–H groups in total. The Morgan fingerprint density at radius 2 is 2.04 bits per heavy atom. The summed E-state index contributed by atoms with van der Waals surface area (Å²) in [6, 6.07) is 10.3. The summed E-state index contributed by atoms with van der Waals surface area (Å²) in [5.74, 6) is 1.20. The van der Waals surface area contributed by atoms with Gasteiger partial charge >= 0.3 is 0 Å². The number of nitrogens with zero attached hydrogens (tertiary/aromatic N) is 3. The molecule has 2 fully saturated rings. The first-order valence-electron chi connectivity index (χ1n) is 9.91. The maximum absolute atomic E-state index is 12.0. The zero-order valence-electron chi connectivity index (χ0n) is 15.7. The normalized spacial score (nSPS) is 21.0. The minimum atomic E-state index is 0.328. The van der Waals surface area contributed by atoms with Crippen molar-refractivity contribution in [3.05, 3.63) is 46.4 Å². The van der Waals surface area contributed by atoms with Gasteiger partial charge in [-0.25, -0.2) is 4.98 Å². The number of carbonyl (C=O) groups excluding carboxylic acids is 1. The number of aromatic nitrogens is 1. The molecule has 6 heteroatoms. The average molecular weight is 386 g/mol. The number of benzene rings is 1. The molecule has 27 heavy (non-hydrogen) atoms. The van der Waals surface area contributed by atoms with Gasteiger partial charge in [-0.15, -0.1) is 11.3 Å². The number of ether oxygens (including phenoxy) is 1. The molecule has 0 spiro atoms. The van der Waals surface area contributed by atoms with Crippen LogP contribution >= 0.6 is 11.3 Å². The maximum atomic E-state index is 12.0. The highest BCUT2D eigenvalue weighted by Crippen LogP contribution is 2.23. The van der Waals surface area contributed by atoms with Crippen LogP contribution in [0.25, 0.3) is 0 Å². The van der Waals surface area contributed by atoms with E-state index in [-0.39, 0.29) is 0 Å². The smallest absolute Gasteiger partial charge is 0.222 e. The Kier molecular flexibility index (Phi) is 6.04. The van der Waals surface area contributed by atoms with Gasteiger partial charge in [-0.3, -0.25) is 9.69 Å². The number of piperidine rings is 1. The second-order valence-corrected chi connectivity index (χ2v) is 8.34. The molecule has 3 heterocycles. The van der Waals surface area contributed by atoms with Gasteiger partial charge in [0.05, 0.1) is 5.69 Å². The van der Waals surface area contributed by atoms with Crippen LogP contribution in [0.5, 0.6) is 5.75 Å². The number of hydrogen-bond acceptors (Lipinski definition) is 5. The predicted octanol–water partition coefficient (Wildman–Crippen LogP) is 3.70. The van der Waals surface area contributed by atoms with Crippen molar-refractivity contribution in [2.75, 3.05) is 19.6 Å². The van der Waals surface area contributed by atoms with Crippen molar-refractivity contribution in [3.63, 3.8) is 0 Å². The summed E-state index contributed by atoms with van der Waals surface area (Å²) in [5.41, 5.74) is 1.12. The van der Waals surface area contributed by atoms with Crippen molar-refractivity contribution in [1.82, 2.24) is 14.8 Å². The Labute approximate surface area is 165 Å². The van der Waals surface area contributed by atoms with Gasteiger partial charge in [-0.2, -0.15) is 0 Å². The molecule has 0 aliphatic carbocycles. The summed E-state index contributed by atoms with van der Waals surface area (Å²) < 4.78 is 5.81. The molecule has 2 aliphatic heterocycles. The fraction of sp³-hybridized carbons (Fsp3) is 0.524. The van der Waals surface area contributed by atoms with Crippen molar-refractivity contribution in [3.8, 4) is 5.75 Å². The number of hydrogen-bond donors (Lipinski definition) is 0. The Morgan fingerprint density at radius 1 is 1.15 bits per heavy atom. The minimum absolute atomic E-state index is 0.328. The van der Waals surface area contributed by atoms with Gasteiger partial charge in [0.25, 0.3) is 0 Å². The second-order valence-electron chi connectivity index (χ2n) is 7.40. The SMILES string of the molecule is O=C1CCCN1C[C@H]1CCCCN1Cc1csc(COc2ccccc2)n1. The molecule has 0 radical (unpaired) electrons. The number of amides is 1. The minimum Gasteiger partial charge on any atom is -0.486 e. The Balaban J connectivity index is 1.33. The van der Waals surface area contributed by atoms with E-state index < -0.39 is 0 Å². The van der Waals surface area contributed by atoms with E-state index in [2.05, 4.69) is 15.2 Å². The first-order valence-corrected chi connectivity index (χ1v) is 10.8. The van der Waals surface area contributed by atoms with E-state index in [4.69, 9.17) is 9.72 Å². The standard InChI is InChI=1S/C21H27N3O2S/c25-21-10-6-12-24(21)14-18-7-4-5-11-23(18)13-17-16-27-20(22-17)15-26-19-8-2-1-3-9-19/h1-3,8-9,16,18H,4-7,10-15H2/t18-/m1/s1. The first kappa shape index (κ1) is 18.4. The summed E-state index contributed by atoms with van der Waals surface area (Å²) in [6.07, 6.45) is 5.42. The molecule has 144 valence electrons. The van der Waals surface area contributed by atoms with E-state index in [9.17, 15) is 4.79 Å². The molecule has 0 saturated carbocycles. The van der Waals surface area contributed by atoms with Gasteiger partial charge in [-0.1, -0.05) is 24.6 Å². The van der Waals surface area contributed by atoms with Crippen LogP contribution in [0.15, 0.2) is 35.7 Å². The average Bonchev–Trinajstić information content (AvgIpc) is 3.31. The Morgan fingerprint density at radius 3 is 2.85 bits per heavy atom. The number of thiazole rings is 1. The lowest BCUT2D eigenvalue weighted by Crippen LogP contribution is -2.46. The monoisotopic (exact) mass is 385 g/mol. The lowest BCUT2D eigenvalue weighted by Gasteiger charge is -2.37. The van der Waals surface area contributed by atoms with E-state index in [1.54, 1.807) is 11.3 Å². The fourth-order valence-corrected chi connectivity index (χ4v) is 4.68. The number of rotatable bonds is 7. The third-order valence-electron chi connectivity index (χ3n) is 5.42. The summed E-state index contributed by atoms with van der Waals surface area (Å²) in [7, 11) is 0. The van der Waals surface area contributed by atoms with Crippen LogP contribution in [0.3, 0.4) is 0 Å². The molecule has 0 unspecified atom stereocenters. The molecule has 1 aromatic carbocycles. The van der Waals surface area contributed by atoms with Crippen molar-refractivity contribution < 1.29 is 9.53 Å². The van der Waals surface area contributed by atoms with Crippen LogP contribution < -0.4 is 4.74 Å². The molecule has 5 nitrogen and oxygen atoms in total. The topological polar surface area (TPSA) is 45.7 Å². The van der Waals surface area contributed by atoms with E-state index in [0.717, 1.165) is 55.5 Å². The first-order chi connectivity index (χ1) is 13.3. The van der Waals surface area contributed by atoms with Crippen molar-refractivity contribution in [1.29, 1.82) is 0 Å². The number of carbonyl (C=O) groups is 1. The maximum Gasteiger partial charge on any atom is 0.222 e. The van der Waals surface area contributed by atoms with E-state index in [1.165, 1.54) is 19.3 Å². The Hall–Kier alpha value is -1.92. The molecule has 1 atom stereocenters. The highest BCUT2D eigenvalue weighted by Gasteiger charge is 2.29. The molecule has 1 amide bonds. The summed E-state index contributed by atoms with van der Waals surface area (Å²) >= 11 is 1.66. The summed E-state index contributed by atoms with van der Waals surface area (Å²) in [6.45, 7) is 4.29. The van der Waals surface area contributed by atoms with Crippen LogP contribution in [0.1, 0.15) is 42.8 Å². The molecular formula is C21H27N3O2S. The molecular weight excluding hydrogens is 358 g/mol. The predicted molar refractivity (Wildman–Crippen MR) is 107 cm³/mol. The third-order valence-corrected chi connectivity index (χ3v) is 6.29. The third kappa shape index (κ3) is 4.87. The molecule has 1 aromatic heterocycles. The highest BCUT2D eigenvalue weighted by molar-refractivity contribution is 7.09. The van der Waals surface area contributed by atoms with Gasteiger partial charge in [0.15, 0.2) is 0 Å². The fourth-order valence-electron chi connectivity index (χ4n) is 3.98. The summed E-state index contributed by atoms with van der Waals surface area (Å²) in [5, 5.41) is 3.16. The quantitative estimate of drug-likeness (QED) is 0.729. The van der Waals surface area contributed by atoms with Gasteiger partial charge in [0.1, 0.15) is 17.4 Å². The largest absolute Gasteiger partial charge is 0.486 e. The number of likely N-dealkylation sites (tertiary alicyclic amines) is 2. The van der Waals surface area contributed by atoms with Crippen molar-refractivity contribution >= 4 is 17.2 Å². The van der Waals surface area contributed by atoms with Crippen LogP contribution in [0.4, 0.5) is 0 Å². The highest BCUT2D eigenvalue weighted by atomic mass is 32.1. The van der Waals surface area contributed by atoms with Gasteiger partial charge < -0.3 is 9.64 Å². The number of para-hydroxylation sites is 1.